The number of thiophene rings is 1. The summed E-state index contributed by atoms with van der Waals surface area (Å²) >= 11 is 2.99. The van der Waals surface area contributed by atoms with Gasteiger partial charge in [-0.1, -0.05) is 30.0 Å². The van der Waals surface area contributed by atoms with Gasteiger partial charge in [0, 0.05) is 22.7 Å². The van der Waals surface area contributed by atoms with Crippen LogP contribution in [-0.2, 0) is 4.79 Å². The van der Waals surface area contributed by atoms with E-state index in [1.54, 1.807) is 27.0 Å². The number of hydrogen-bond donors (Lipinski definition) is 1. The smallest absolute Gasteiger partial charge is 0.291 e. The monoisotopic (exact) mass is 411 g/mol. The van der Waals surface area contributed by atoms with Gasteiger partial charge in [0.05, 0.1) is 16.1 Å². The van der Waals surface area contributed by atoms with Crippen molar-refractivity contribution in [2.24, 2.45) is 0 Å². The number of benzene rings is 1. The zero-order chi connectivity index (χ0) is 19.8. The molecule has 28 heavy (non-hydrogen) atoms. The van der Waals surface area contributed by atoms with Crippen LogP contribution in [0.3, 0.4) is 0 Å². The molecule has 0 unspecified atom stereocenters. The number of anilines is 1. The average molecular weight is 412 g/mol. The van der Waals surface area contributed by atoms with E-state index in [4.69, 9.17) is 5.10 Å². The van der Waals surface area contributed by atoms with Crippen molar-refractivity contribution in [3.05, 3.63) is 69.2 Å². The Morgan fingerprint density at radius 2 is 2.18 bits per heavy atom. The van der Waals surface area contributed by atoms with Gasteiger partial charge in [0.15, 0.2) is 0 Å². The van der Waals surface area contributed by atoms with E-state index in [1.165, 1.54) is 18.7 Å². The van der Waals surface area contributed by atoms with Crippen molar-refractivity contribution in [1.29, 1.82) is 0 Å². The van der Waals surface area contributed by atoms with Crippen LogP contribution in [0.4, 0.5) is 5.69 Å². The fourth-order valence-electron chi connectivity index (χ4n) is 3.37. The van der Waals surface area contributed by atoms with E-state index in [9.17, 15) is 9.59 Å². The lowest BCUT2D eigenvalue weighted by molar-refractivity contribution is -0.762. The molecule has 0 fully saturated rings. The molecule has 4 rings (SSSR count). The number of H-pyrrole nitrogens is 1. The Morgan fingerprint density at radius 3 is 2.86 bits per heavy atom. The number of amides is 1. The minimum atomic E-state index is -0.508. The minimum Gasteiger partial charge on any atom is -0.291 e. The summed E-state index contributed by atoms with van der Waals surface area (Å²) in [4.78, 5) is 32.4. The van der Waals surface area contributed by atoms with E-state index in [1.807, 2.05) is 43.3 Å². The summed E-state index contributed by atoms with van der Waals surface area (Å²) < 4.78 is 1.68. The molecule has 1 aliphatic rings. The highest BCUT2D eigenvalue weighted by atomic mass is 32.2. The van der Waals surface area contributed by atoms with Crippen molar-refractivity contribution < 1.29 is 9.48 Å². The molecule has 3 aromatic rings. The molecule has 1 amide bonds. The molecule has 0 bridgehead atoms. The summed E-state index contributed by atoms with van der Waals surface area (Å²) in [5.74, 6) is 0.516. The van der Waals surface area contributed by atoms with Gasteiger partial charge in [-0.25, -0.2) is 4.90 Å². The second kappa shape index (κ2) is 7.37. The Labute approximate surface area is 170 Å². The summed E-state index contributed by atoms with van der Waals surface area (Å²) in [6.07, 6.45) is 1.25. The molecule has 6 nitrogen and oxygen atoms in total. The number of aryl methyl sites for hydroxylation is 1. The van der Waals surface area contributed by atoms with E-state index >= 15 is 0 Å². The number of carbonyl (C=O) groups excluding carboxylic acids is 1. The van der Waals surface area contributed by atoms with Gasteiger partial charge >= 0.3 is 17.4 Å². The molecule has 0 spiro atoms. The fourth-order valence-corrected chi connectivity index (χ4v) is 4.91. The number of carbonyl (C=O) groups is 1. The summed E-state index contributed by atoms with van der Waals surface area (Å²) in [5, 5.41) is 5.19. The van der Waals surface area contributed by atoms with Crippen molar-refractivity contribution in [3.8, 4) is 11.3 Å². The third kappa shape index (κ3) is 3.08. The maximum atomic E-state index is 13.0. The van der Waals surface area contributed by atoms with Gasteiger partial charge in [0.25, 0.3) is 0 Å². The quantitative estimate of drug-likeness (QED) is 0.406. The molecule has 1 aliphatic heterocycles. The van der Waals surface area contributed by atoms with E-state index in [0.717, 1.165) is 9.75 Å². The summed E-state index contributed by atoms with van der Waals surface area (Å²) in [6.45, 7) is 7.27. The van der Waals surface area contributed by atoms with E-state index < -0.39 is 6.17 Å². The molecule has 0 aliphatic carbocycles. The van der Waals surface area contributed by atoms with Gasteiger partial charge in [-0.15, -0.1) is 17.9 Å². The number of nitrogens with zero attached hydrogens (tertiary/aromatic N) is 3. The highest BCUT2D eigenvalue weighted by molar-refractivity contribution is 7.99. The molecule has 0 saturated heterocycles. The lowest BCUT2D eigenvalue weighted by Gasteiger charge is -2.30. The molecule has 0 radical (unpaired) electrons. The highest BCUT2D eigenvalue weighted by Gasteiger charge is 2.45. The van der Waals surface area contributed by atoms with E-state index in [2.05, 4.69) is 11.6 Å². The normalized spacial score (nSPS) is 15.1. The van der Waals surface area contributed by atoms with Crippen LogP contribution in [0, 0.1) is 6.92 Å². The van der Waals surface area contributed by atoms with Gasteiger partial charge < -0.3 is 0 Å². The van der Waals surface area contributed by atoms with Crippen molar-refractivity contribution >= 4 is 34.7 Å². The van der Waals surface area contributed by atoms with Crippen LogP contribution in [0.2, 0.25) is 0 Å². The van der Waals surface area contributed by atoms with Crippen LogP contribution in [0.1, 0.15) is 22.8 Å². The predicted molar refractivity (Wildman–Crippen MR) is 112 cm³/mol. The third-order valence-electron chi connectivity index (χ3n) is 4.45. The molecular weight excluding hydrogens is 392 g/mol. The number of fused-ring (bicyclic) bond motifs is 3. The van der Waals surface area contributed by atoms with Crippen LogP contribution in [0.5, 0.6) is 0 Å². The number of thioether (sulfide) groups is 1. The summed E-state index contributed by atoms with van der Waals surface area (Å²) in [7, 11) is 0. The van der Waals surface area contributed by atoms with Crippen molar-refractivity contribution in [2.45, 2.75) is 25.2 Å². The van der Waals surface area contributed by atoms with E-state index in [-0.39, 0.29) is 11.5 Å². The molecule has 8 heteroatoms. The Morgan fingerprint density at radius 1 is 1.39 bits per heavy atom. The number of aromatic nitrogens is 3. The van der Waals surface area contributed by atoms with Crippen LogP contribution in [-0.4, -0.2) is 21.7 Å². The molecule has 1 N–H and O–H groups in total. The Hall–Kier alpha value is -2.71. The zero-order valence-corrected chi connectivity index (χ0v) is 17.1. The molecular formula is C20H19N4O2S2+. The van der Waals surface area contributed by atoms with Gasteiger partial charge in [-0.3, -0.25) is 14.6 Å². The number of aromatic amines is 1. The van der Waals surface area contributed by atoms with Crippen molar-refractivity contribution in [3.63, 3.8) is 0 Å². The Kier molecular flexibility index (Phi) is 4.91. The molecule has 0 saturated carbocycles. The molecule has 3 heterocycles. The molecule has 1 atom stereocenters. The number of nitrogens with one attached hydrogen (secondary N) is 1. The van der Waals surface area contributed by atoms with Crippen molar-refractivity contribution in [2.75, 3.05) is 10.7 Å². The van der Waals surface area contributed by atoms with Crippen LogP contribution >= 0.6 is 23.1 Å². The predicted octanol–water partition coefficient (Wildman–Crippen LogP) is 3.29. The maximum Gasteiger partial charge on any atom is 0.325 e. The van der Waals surface area contributed by atoms with Crippen LogP contribution in [0.25, 0.3) is 11.3 Å². The largest absolute Gasteiger partial charge is 0.325 e. The molecule has 2 aromatic heterocycles. The first kappa shape index (κ1) is 18.6. The SMILES string of the molecule is C=CCSc1n[n+]2c(c(=O)[nH]1)-c1ccccc1N(C(C)=O)[C@@H]2c1ccc(C)s1. The third-order valence-corrected chi connectivity index (χ3v) is 6.35. The second-order valence-electron chi connectivity index (χ2n) is 6.38. The van der Waals surface area contributed by atoms with Crippen molar-refractivity contribution in [1.82, 2.24) is 10.1 Å². The van der Waals surface area contributed by atoms with Crippen LogP contribution < -0.4 is 15.1 Å². The first-order valence-corrected chi connectivity index (χ1v) is 10.6. The average Bonchev–Trinajstić information content (AvgIpc) is 3.10. The van der Waals surface area contributed by atoms with Gasteiger partial charge in [-0.2, -0.15) is 0 Å². The maximum absolute atomic E-state index is 13.0. The topological polar surface area (TPSA) is 69.9 Å². The minimum absolute atomic E-state index is 0.107. The van der Waals surface area contributed by atoms with Crippen LogP contribution in [0.15, 0.2) is 59.0 Å². The van der Waals surface area contributed by atoms with E-state index in [0.29, 0.717) is 27.9 Å². The first-order chi connectivity index (χ1) is 13.5. The summed E-state index contributed by atoms with van der Waals surface area (Å²) in [6, 6.07) is 11.5. The van der Waals surface area contributed by atoms with Gasteiger partial charge in [0.1, 0.15) is 0 Å². The lowest BCUT2D eigenvalue weighted by atomic mass is 10.0. The number of para-hydroxylation sites is 1. The standard InChI is InChI=1S/C20H18N4O2S2/c1-4-11-27-20-21-18(26)17-14-7-5-6-8-15(14)23(13(3)25)19(24(17)22-20)16-10-9-12(2)28-16/h4-10,19H,1,11H2,2-3H3/p+1/t19-/m0/s1. The summed E-state index contributed by atoms with van der Waals surface area (Å²) in [5.41, 5.74) is 1.63. The highest BCUT2D eigenvalue weighted by Crippen LogP contribution is 2.38. The zero-order valence-electron chi connectivity index (χ0n) is 15.5. The molecule has 142 valence electrons. The first-order valence-electron chi connectivity index (χ1n) is 8.76. The van der Waals surface area contributed by atoms with Gasteiger partial charge in [0.2, 0.25) is 11.1 Å². The second-order valence-corrected chi connectivity index (χ2v) is 8.71. The number of rotatable bonds is 4. The Balaban J connectivity index is 2.03. The lowest BCUT2D eigenvalue weighted by Crippen LogP contribution is -2.60. The number of hydrogen-bond acceptors (Lipinski definition) is 5. The molecule has 1 aromatic carbocycles. The van der Waals surface area contributed by atoms with Gasteiger partial charge in [-0.05, 0) is 35.9 Å². The Bertz CT molecular complexity index is 1140. The fraction of sp³-hybridized carbons (Fsp3) is 0.200.